The van der Waals surface area contributed by atoms with Gasteiger partial charge in [-0.05, 0) is 30.0 Å². The van der Waals surface area contributed by atoms with Gasteiger partial charge in [0.2, 0.25) is 5.91 Å². The number of para-hydroxylation sites is 1. The van der Waals surface area contributed by atoms with Gasteiger partial charge < -0.3 is 10.2 Å². The molecular formula is C17H24N2O. The van der Waals surface area contributed by atoms with Gasteiger partial charge in [0.15, 0.2) is 0 Å². The van der Waals surface area contributed by atoms with E-state index >= 15 is 0 Å². The van der Waals surface area contributed by atoms with Gasteiger partial charge in [0.25, 0.3) is 0 Å². The number of hydrogen-bond donors (Lipinski definition) is 1. The lowest BCUT2D eigenvalue weighted by Crippen LogP contribution is -2.35. The highest BCUT2D eigenvalue weighted by atomic mass is 16.2. The average molecular weight is 272 g/mol. The molecule has 20 heavy (non-hydrogen) atoms. The van der Waals surface area contributed by atoms with E-state index in [0.717, 1.165) is 30.6 Å². The van der Waals surface area contributed by atoms with Crippen LogP contribution in [0.1, 0.15) is 32.3 Å². The van der Waals surface area contributed by atoms with Crippen molar-refractivity contribution < 1.29 is 4.79 Å². The molecule has 108 valence electrons. The summed E-state index contributed by atoms with van der Waals surface area (Å²) in [5, 5.41) is 3.35. The Morgan fingerprint density at radius 3 is 2.85 bits per heavy atom. The molecule has 1 aromatic carbocycles. The predicted octanol–water partition coefficient (Wildman–Crippen LogP) is 2.91. The first-order valence-electron chi connectivity index (χ1n) is 7.36. The fourth-order valence-corrected chi connectivity index (χ4v) is 2.49. The number of carbonyl (C=O) groups is 1. The van der Waals surface area contributed by atoms with Crippen LogP contribution >= 0.6 is 0 Å². The number of rotatable bonds is 5. The number of hydrogen-bond acceptors (Lipinski definition) is 2. The predicted molar refractivity (Wildman–Crippen MR) is 84.0 cm³/mol. The van der Waals surface area contributed by atoms with E-state index in [4.69, 9.17) is 0 Å². The lowest BCUT2D eigenvalue weighted by Gasteiger charge is -2.24. The van der Waals surface area contributed by atoms with Crippen molar-refractivity contribution in [3.63, 3.8) is 0 Å². The maximum Gasteiger partial charge on any atom is 0.227 e. The van der Waals surface area contributed by atoms with E-state index in [-0.39, 0.29) is 5.91 Å². The third-order valence-electron chi connectivity index (χ3n) is 3.56. The summed E-state index contributed by atoms with van der Waals surface area (Å²) in [5.41, 5.74) is 3.37. The van der Waals surface area contributed by atoms with E-state index in [2.05, 4.69) is 31.8 Å². The van der Waals surface area contributed by atoms with Crippen LogP contribution in [0.2, 0.25) is 0 Å². The van der Waals surface area contributed by atoms with E-state index in [1.807, 2.05) is 23.1 Å². The van der Waals surface area contributed by atoms with Gasteiger partial charge in [-0.25, -0.2) is 0 Å². The van der Waals surface area contributed by atoms with Crippen molar-refractivity contribution in [2.75, 3.05) is 18.0 Å². The van der Waals surface area contributed by atoms with Gasteiger partial charge in [0.05, 0.1) is 0 Å². The average Bonchev–Trinajstić information content (AvgIpc) is 2.57. The minimum atomic E-state index is 0.209. The highest BCUT2D eigenvalue weighted by molar-refractivity contribution is 5.95. The highest BCUT2D eigenvalue weighted by Gasteiger charge is 2.22. The number of nitrogens with one attached hydrogen (secondary N) is 1. The van der Waals surface area contributed by atoms with Crippen LogP contribution in [-0.4, -0.2) is 25.0 Å². The van der Waals surface area contributed by atoms with E-state index in [1.165, 1.54) is 5.56 Å². The Balaban J connectivity index is 2.12. The lowest BCUT2D eigenvalue weighted by molar-refractivity contribution is -0.118. The molecule has 0 radical (unpaired) electrons. The highest BCUT2D eigenvalue weighted by Crippen LogP contribution is 2.27. The molecule has 2 rings (SSSR count). The molecule has 1 heterocycles. The van der Waals surface area contributed by atoms with Crippen LogP contribution in [0.4, 0.5) is 5.69 Å². The Morgan fingerprint density at radius 1 is 1.35 bits per heavy atom. The normalized spacial score (nSPS) is 15.2. The SMILES string of the molecule is C=C(CNC(C)C)CN1C(=O)CCCc2ccccc21. The molecule has 3 heteroatoms. The minimum Gasteiger partial charge on any atom is -0.311 e. The van der Waals surface area contributed by atoms with Gasteiger partial charge in [-0.1, -0.05) is 38.6 Å². The number of amides is 1. The summed E-state index contributed by atoms with van der Waals surface area (Å²) in [6.45, 7) is 9.68. The Labute approximate surface area is 121 Å². The van der Waals surface area contributed by atoms with Crippen LogP contribution in [0, 0.1) is 0 Å². The first-order chi connectivity index (χ1) is 9.58. The second-order valence-corrected chi connectivity index (χ2v) is 5.75. The maximum atomic E-state index is 12.3. The van der Waals surface area contributed by atoms with E-state index in [1.54, 1.807) is 0 Å². The molecule has 0 bridgehead atoms. The topological polar surface area (TPSA) is 32.3 Å². The Hall–Kier alpha value is -1.61. The summed E-state index contributed by atoms with van der Waals surface area (Å²) >= 11 is 0. The molecule has 0 aliphatic carbocycles. The van der Waals surface area contributed by atoms with Crippen molar-refractivity contribution in [2.45, 2.75) is 39.2 Å². The zero-order valence-electron chi connectivity index (χ0n) is 12.5. The molecule has 0 saturated heterocycles. The Bertz CT molecular complexity index is 494. The van der Waals surface area contributed by atoms with Crippen LogP contribution in [0.5, 0.6) is 0 Å². The lowest BCUT2D eigenvalue weighted by atomic mass is 10.1. The number of fused-ring (bicyclic) bond motifs is 1. The summed E-state index contributed by atoms with van der Waals surface area (Å²) in [5.74, 6) is 0.209. The summed E-state index contributed by atoms with van der Waals surface area (Å²) < 4.78 is 0. The summed E-state index contributed by atoms with van der Waals surface area (Å²) in [7, 11) is 0. The molecule has 0 unspecified atom stereocenters. The standard InChI is InChI=1S/C17H24N2O/c1-13(2)18-11-14(3)12-19-16-9-5-4-7-15(16)8-6-10-17(19)20/h4-5,7,9,13,18H,3,6,8,10-12H2,1-2H3. The summed E-state index contributed by atoms with van der Waals surface area (Å²) in [6, 6.07) is 8.64. The number of aryl methyl sites for hydroxylation is 1. The van der Waals surface area contributed by atoms with E-state index in [0.29, 0.717) is 19.0 Å². The van der Waals surface area contributed by atoms with Gasteiger partial charge in [-0.15, -0.1) is 0 Å². The molecule has 0 atom stereocenters. The quantitative estimate of drug-likeness (QED) is 0.836. The molecule has 1 aliphatic rings. The fraction of sp³-hybridized carbons (Fsp3) is 0.471. The number of benzene rings is 1. The van der Waals surface area contributed by atoms with Crippen LogP contribution in [0.15, 0.2) is 36.4 Å². The first-order valence-corrected chi connectivity index (χ1v) is 7.36. The molecule has 0 saturated carbocycles. The van der Waals surface area contributed by atoms with E-state index in [9.17, 15) is 4.79 Å². The van der Waals surface area contributed by atoms with Crippen LogP contribution in [0.25, 0.3) is 0 Å². The molecule has 1 aliphatic heterocycles. The first kappa shape index (κ1) is 14.8. The molecule has 1 aromatic rings. The van der Waals surface area contributed by atoms with Crippen molar-refractivity contribution in [2.24, 2.45) is 0 Å². The molecule has 0 aromatic heterocycles. The van der Waals surface area contributed by atoms with Crippen molar-refractivity contribution >= 4 is 11.6 Å². The number of nitrogens with zero attached hydrogens (tertiary/aromatic N) is 1. The third-order valence-corrected chi connectivity index (χ3v) is 3.56. The zero-order valence-corrected chi connectivity index (χ0v) is 12.5. The van der Waals surface area contributed by atoms with Crippen molar-refractivity contribution in [3.8, 4) is 0 Å². The van der Waals surface area contributed by atoms with Gasteiger partial charge in [0.1, 0.15) is 0 Å². The van der Waals surface area contributed by atoms with Crippen molar-refractivity contribution in [3.05, 3.63) is 42.0 Å². The molecule has 1 amide bonds. The van der Waals surface area contributed by atoms with Crippen molar-refractivity contribution in [1.29, 1.82) is 0 Å². The molecule has 0 spiro atoms. The van der Waals surface area contributed by atoms with Crippen LogP contribution in [-0.2, 0) is 11.2 Å². The van der Waals surface area contributed by atoms with E-state index < -0.39 is 0 Å². The second-order valence-electron chi connectivity index (χ2n) is 5.75. The molecule has 0 fully saturated rings. The van der Waals surface area contributed by atoms with Gasteiger partial charge in [-0.2, -0.15) is 0 Å². The monoisotopic (exact) mass is 272 g/mol. The summed E-state index contributed by atoms with van der Waals surface area (Å²) in [6.07, 6.45) is 2.54. The molecular weight excluding hydrogens is 248 g/mol. The zero-order chi connectivity index (χ0) is 14.5. The number of carbonyl (C=O) groups excluding carboxylic acids is 1. The Kier molecular flexibility index (Phi) is 4.96. The summed E-state index contributed by atoms with van der Waals surface area (Å²) in [4.78, 5) is 14.2. The smallest absolute Gasteiger partial charge is 0.227 e. The Morgan fingerprint density at radius 2 is 2.10 bits per heavy atom. The second kappa shape index (κ2) is 6.71. The molecule has 3 nitrogen and oxygen atoms in total. The minimum absolute atomic E-state index is 0.209. The van der Waals surface area contributed by atoms with Crippen LogP contribution < -0.4 is 10.2 Å². The largest absolute Gasteiger partial charge is 0.311 e. The van der Waals surface area contributed by atoms with Crippen LogP contribution in [0.3, 0.4) is 0 Å². The molecule has 1 N–H and O–H groups in total. The van der Waals surface area contributed by atoms with Gasteiger partial charge in [-0.3, -0.25) is 4.79 Å². The fourth-order valence-electron chi connectivity index (χ4n) is 2.49. The van der Waals surface area contributed by atoms with Gasteiger partial charge in [0, 0.05) is 31.2 Å². The maximum absolute atomic E-state index is 12.3. The number of anilines is 1. The third kappa shape index (κ3) is 3.70. The van der Waals surface area contributed by atoms with Gasteiger partial charge >= 0.3 is 0 Å². The van der Waals surface area contributed by atoms with Crippen molar-refractivity contribution in [1.82, 2.24) is 5.32 Å².